The van der Waals surface area contributed by atoms with E-state index < -0.39 is 5.97 Å². The molecule has 0 aromatic carbocycles. The van der Waals surface area contributed by atoms with E-state index in [-0.39, 0.29) is 6.54 Å². The molecule has 1 rings (SSSR count). The molecule has 0 spiro atoms. The highest BCUT2D eigenvalue weighted by Gasteiger charge is 2.03. The number of carbonyl (C=O) groups is 1. The average Bonchev–Trinajstić information content (AvgIpc) is 2.47. The molecule has 0 bridgehead atoms. The van der Waals surface area contributed by atoms with Crippen LogP contribution in [0, 0.1) is 0 Å². The number of rotatable bonds is 5. The summed E-state index contributed by atoms with van der Waals surface area (Å²) in [6.45, 7) is 2.55. The van der Waals surface area contributed by atoms with E-state index in [4.69, 9.17) is 5.11 Å². The lowest BCUT2D eigenvalue weighted by Gasteiger charge is -2.01. The third-order valence-corrected chi connectivity index (χ3v) is 1.97. The van der Waals surface area contributed by atoms with Gasteiger partial charge < -0.3 is 10.4 Å². The smallest absolute Gasteiger partial charge is 0.317 e. The lowest BCUT2D eigenvalue weighted by atomic mass is 10.3. The molecular formula is C9H15N3O2. The third kappa shape index (κ3) is 2.85. The zero-order valence-electron chi connectivity index (χ0n) is 8.45. The van der Waals surface area contributed by atoms with Gasteiger partial charge in [-0.1, -0.05) is 6.92 Å². The maximum Gasteiger partial charge on any atom is 0.317 e. The van der Waals surface area contributed by atoms with Crippen molar-refractivity contribution in [1.82, 2.24) is 15.1 Å². The molecule has 2 N–H and O–H groups in total. The molecule has 0 unspecified atom stereocenters. The highest BCUT2D eigenvalue weighted by atomic mass is 16.4. The third-order valence-electron chi connectivity index (χ3n) is 1.97. The highest BCUT2D eigenvalue weighted by Crippen LogP contribution is 2.02. The van der Waals surface area contributed by atoms with Gasteiger partial charge >= 0.3 is 5.97 Å². The van der Waals surface area contributed by atoms with Crippen molar-refractivity contribution in [2.24, 2.45) is 7.05 Å². The minimum absolute atomic E-state index is 0.0212. The first-order valence-electron chi connectivity index (χ1n) is 4.57. The van der Waals surface area contributed by atoms with E-state index in [1.54, 1.807) is 4.68 Å². The topological polar surface area (TPSA) is 67.2 Å². The van der Waals surface area contributed by atoms with Gasteiger partial charge in [0.15, 0.2) is 0 Å². The van der Waals surface area contributed by atoms with Gasteiger partial charge in [0, 0.05) is 13.6 Å². The number of aromatic nitrogens is 2. The predicted octanol–water partition coefficient (Wildman–Crippen LogP) is 0.157. The van der Waals surface area contributed by atoms with E-state index in [0.717, 1.165) is 17.8 Å². The van der Waals surface area contributed by atoms with Crippen LogP contribution in [0.3, 0.4) is 0 Å². The summed E-state index contributed by atoms with van der Waals surface area (Å²) < 4.78 is 1.77. The molecule has 0 aliphatic carbocycles. The fraction of sp³-hybridized carbons (Fsp3) is 0.556. The molecule has 1 heterocycles. The molecule has 5 heteroatoms. The first kappa shape index (κ1) is 10.7. The first-order chi connectivity index (χ1) is 6.63. The fourth-order valence-electron chi connectivity index (χ4n) is 1.21. The van der Waals surface area contributed by atoms with Gasteiger partial charge in [0.2, 0.25) is 0 Å². The Kier molecular flexibility index (Phi) is 3.64. The zero-order chi connectivity index (χ0) is 10.6. The standard InChI is InChI=1S/C9H15N3O2/c1-3-7-4-8(12(2)11-7)5-10-6-9(13)14/h4,10H,3,5-6H2,1-2H3,(H,13,14). The molecule has 0 aliphatic heterocycles. The molecule has 5 nitrogen and oxygen atoms in total. The first-order valence-corrected chi connectivity index (χ1v) is 4.57. The molecule has 0 amide bonds. The van der Waals surface area contributed by atoms with E-state index >= 15 is 0 Å². The second kappa shape index (κ2) is 4.76. The van der Waals surface area contributed by atoms with Crippen molar-refractivity contribution < 1.29 is 9.90 Å². The highest BCUT2D eigenvalue weighted by molar-refractivity contribution is 5.68. The maximum atomic E-state index is 10.3. The molecule has 0 radical (unpaired) electrons. The minimum Gasteiger partial charge on any atom is -0.480 e. The molecule has 0 saturated carbocycles. The van der Waals surface area contributed by atoms with Crippen LogP contribution in [0.2, 0.25) is 0 Å². The Morgan fingerprint density at radius 1 is 1.71 bits per heavy atom. The minimum atomic E-state index is -0.845. The van der Waals surface area contributed by atoms with Crippen LogP contribution >= 0.6 is 0 Å². The normalized spacial score (nSPS) is 10.4. The van der Waals surface area contributed by atoms with E-state index in [1.165, 1.54) is 0 Å². The summed E-state index contributed by atoms with van der Waals surface area (Å²) in [4.78, 5) is 10.3. The van der Waals surface area contributed by atoms with Crippen molar-refractivity contribution in [2.45, 2.75) is 19.9 Å². The van der Waals surface area contributed by atoms with Crippen LogP contribution in [0.15, 0.2) is 6.07 Å². The molecule has 0 atom stereocenters. The number of nitrogens with one attached hydrogen (secondary N) is 1. The summed E-state index contributed by atoms with van der Waals surface area (Å²) >= 11 is 0. The SMILES string of the molecule is CCc1cc(CNCC(=O)O)n(C)n1. The Hall–Kier alpha value is -1.36. The predicted molar refractivity (Wildman–Crippen MR) is 51.9 cm³/mol. The number of aliphatic carboxylic acids is 1. The lowest BCUT2D eigenvalue weighted by molar-refractivity contribution is -0.136. The van der Waals surface area contributed by atoms with Gasteiger partial charge in [0.1, 0.15) is 0 Å². The van der Waals surface area contributed by atoms with Crippen LogP contribution in [0.4, 0.5) is 0 Å². The van der Waals surface area contributed by atoms with Gasteiger partial charge in [0.25, 0.3) is 0 Å². The summed E-state index contributed by atoms with van der Waals surface area (Å²) in [5.74, 6) is -0.845. The van der Waals surface area contributed by atoms with E-state index in [9.17, 15) is 4.79 Å². The Bertz CT molecular complexity index is 320. The van der Waals surface area contributed by atoms with Gasteiger partial charge in [-0.25, -0.2) is 0 Å². The number of nitrogens with zero attached hydrogens (tertiary/aromatic N) is 2. The summed E-state index contributed by atoms with van der Waals surface area (Å²) in [5.41, 5.74) is 2.03. The van der Waals surface area contributed by atoms with Crippen LogP contribution in [-0.2, 0) is 24.8 Å². The molecule has 0 aliphatic rings. The van der Waals surface area contributed by atoms with Gasteiger partial charge in [-0.15, -0.1) is 0 Å². The molecule has 14 heavy (non-hydrogen) atoms. The maximum absolute atomic E-state index is 10.3. The summed E-state index contributed by atoms with van der Waals surface area (Å²) in [7, 11) is 1.86. The van der Waals surface area contributed by atoms with Crippen molar-refractivity contribution in [3.8, 4) is 0 Å². The molecule has 0 fully saturated rings. The van der Waals surface area contributed by atoms with Crippen molar-refractivity contribution in [1.29, 1.82) is 0 Å². The Balaban J connectivity index is 2.49. The second-order valence-electron chi connectivity index (χ2n) is 3.10. The zero-order valence-corrected chi connectivity index (χ0v) is 8.45. The van der Waals surface area contributed by atoms with Gasteiger partial charge in [-0.05, 0) is 12.5 Å². The van der Waals surface area contributed by atoms with Crippen LogP contribution in [-0.4, -0.2) is 27.4 Å². The summed E-state index contributed by atoms with van der Waals surface area (Å²) in [6, 6.07) is 1.98. The quantitative estimate of drug-likeness (QED) is 0.705. The largest absolute Gasteiger partial charge is 0.480 e. The second-order valence-corrected chi connectivity index (χ2v) is 3.10. The summed E-state index contributed by atoms with van der Waals surface area (Å²) in [6.07, 6.45) is 0.896. The average molecular weight is 197 g/mol. The van der Waals surface area contributed by atoms with Gasteiger partial charge in [-0.2, -0.15) is 5.10 Å². The van der Waals surface area contributed by atoms with Gasteiger partial charge in [-0.3, -0.25) is 9.48 Å². The molecule has 0 saturated heterocycles. The van der Waals surface area contributed by atoms with Crippen LogP contribution in [0.25, 0.3) is 0 Å². The lowest BCUT2D eigenvalue weighted by Crippen LogP contribution is -2.23. The van der Waals surface area contributed by atoms with E-state index in [1.807, 2.05) is 20.0 Å². The number of carboxylic acids is 1. The number of carboxylic acid groups (broad SMARTS) is 1. The van der Waals surface area contributed by atoms with Gasteiger partial charge in [0.05, 0.1) is 17.9 Å². The van der Waals surface area contributed by atoms with Crippen molar-refractivity contribution in [3.05, 3.63) is 17.5 Å². The Morgan fingerprint density at radius 2 is 2.43 bits per heavy atom. The van der Waals surface area contributed by atoms with Crippen molar-refractivity contribution in [2.75, 3.05) is 6.54 Å². The monoisotopic (exact) mass is 197 g/mol. The number of aryl methyl sites for hydroxylation is 2. The Labute approximate surface area is 82.7 Å². The number of hydrogen-bond acceptors (Lipinski definition) is 3. The number of hydrogen-bond donors (Lipinski definition) is 2. The molecule has 78 valence electrons. The Morgan fingerprint density at radius 3 is 2.93 bits per heavy atom. The van der Waals surface area contributed by atoms with Crippen molar-refractivity contribution >= 4 is 5.97 Å². The van der Waals surface area contributed by atoms with E-state index in [0.29, 0.717) is 6.54 Å². The fourth-order valence-corrected chi connectivity index (χ4v) is 1.21. The van der Waals surface area contributed by atoms with Crippen LogP contribution in [0.5, 0.6) is 0 Å². The summed E-state index contributed by atoms with van der Waals surface area (Å²) in [5, 5.41) is 15.5. The molecule has 1 aromatic heterocycles. The van der Waals surface area contributed by atoms with E-state index in [2.05, 4.69) is 10.4 Å². The van der Waals surface area contributed by atoms with Crippen LogP contribution in [0.1, 0.15) is 18.3 Å². The van der Waals surface area contributed by atoms with Crippen molar-refractivity contribution in [3.63, 3.8) is 0 Å². The molecule has 1 aromatic rings. The van der Waals surface area contributed by atoms with Crippen LogP contribution < -0.4 is 5.32 Å². The molecular weight excluding hydrogens is 182 g/mol.